The summed E-state index contributed by atoms with van der Waals surface area (Å²) in [6.45, 7) is 2.36. The van der Waals surface area contributed by atoms with E-state index in [0.29, 0.717) is 11.6 Å². The van der Waals surface area contributed by atoms with Crippen LogP contribution in [-0.4, -0.2) is 42.9 Å². The highest BCUT2D eigenvalue weighted by Gasteiger charge is 2.33. The summed E-state index contributed by atoms with van der Waals surface area (Å²) in [6.07, 6.45) is -3.46. The Balaban J connectivity index is 2.63. The fourth-order valence-corrected chi connectivity index (χ4v) is 2.07. The molecule has 1 N–H and O–H groups in total. The van der Waals surface area contributed by atoms with E-state index in [1.165, 1.54) is 19.2 Å². The van der Waals surface area contributed by atoms with Gasteiger partial charge in [0.15, 0.2) is 6.61 Å². The van der Waals surface area contributed by atoms with E-state index in [0.717, 1.165) is 11.0 Å². The number of anilines is 1. The summed E-state index contributed by atoms with van der Waals surface area (Å²) in [5, 5.41) is 1.76. The fraction of sp³-hybridized carbons (Fsp3) is 0.353. The summed E-state index contributed by atoms with van der Waals surface area (Å²) in [5.74, 6) is -2.06. The molecule has 1 aromatic rings. The number of likely N-dealkylation sites (N-methyl/N-ethyl adjacent to an activating group) is 1. The lowest BCUT2D eigenvalue weighted by Gasteiger charge is -2.17. The van der Waals surface area contributed by atoms with Gasteiger partial charge in [0, 0.05) is 18.8 Å². The Hall–Kier alpha value is -2.55. The number of allylic oxidation sites excluding steroid dienone is 1. The third-order valence-corrected chi connectivity index (χ3v) is 3.44. The highest BCUT2D eigenvalue weighted by Crippen LogP contribution is 2.36. The van der Waals surface area contributed by atoms with Gasteiger partial charge in [0.1, 0.15) is 0 Å². The standard InChI is InChI=1S/C17H18ClF3N2O4/c1-10(2)6-16(26)27-9-15(25)23(3)8-14(24)22-11-4-5-13(18)12(7-11)17(19,20)21/h4-7H,8-9H2,1-3H3,(H,22,24). The summed E-state index contributed by atoms with van der Waals surface area (Å²) in [6, 6.07) is 2.92. The number of esters is 1. The predicted molar refractivity (Wildman–Crippen MR) is 93.1 cm³/mol. The molecule has 0 saturated heterocycles. The summed E-state index contributed by atoms with van der Waals surface area (Å²) >= 11 is 5.50. The lowest BCUT2D eigenvalue weighted by molar-refractivity contribution is -0.148. The van der Waals surface area contributed by atoms with Crippen LogP contribution in [0.25, 0.3) is 0 Å². The van der Waals surface area contributed by atoms with E-state index in [1.54, 1.807) is 13.8 Å². The van der Waals surface area contributed by atoms with Crippen LogP contribution in [0.3, 0.4) is 0 Å². The molecular weight excluding hydrogens is 389 g/mol. The normalized spacial score (nSPS) is 10.8. The smallest absolute Gasteiger partial charge is 0.417 e. The van der Waals surface area contributed by atoms with Gasteiger partial charge in [0.2, 0.25) is 5.91 Å². The van der Waals surface area contributed by atoms with Crippen LogP contribution >= 0.6 is 11.6 Å². The van der Waals surface area contributed by atoms with E-state index in [4.69, 9.17) is 16.3 Å². The zero-order chi connectivity index (χ0) is 20.8. The lowest BCUT2D eigenvalue weighted by atomic mass is 10.2. The van der Waals surface area contributed by atoms with Gasteiger partial charge in [-0.2, -0.15) is 13.2 Å². The van der Waals surface area contributed by atoms with Gasteiger partial charge in [-0.3, -0.25) is 9.59 Å². The average Bonchev–Trinajstić information content (AvgIpc) is 2.52. The van der Waals surface area contributed by atoms with Crippen molar-refractivity contribution in [1.82, 2.24) is 4.90 Å². The number of rotatable bonds is 6. The molecule has 27 heavy (non-hydrogen) atoms. The van der Waals surface area contributed by atoms with Crippen LogP contribution in [0.4, 0.5) is 18.9 Å². The van der Waals surface area contributed by atoms with Crippen LogP contribution in [0.15, 0.2) is 29.8 Å². The first-order valence-corrected chi connectivity index (χ1v) is 8.00. The van der Waals surface area contributed by atoms with Gasteiger partial charge >= 0.3 is 12.1 Å². The maximum atomic E-state index is 12.8. The van der Waals surface area contributed by atoms with Gasteiger partial charge in [0.25, 0.3) is 5.91 Å². The Bertz CT molecular complexity index is 759. The molecule has 0 aromatic heterocycles. The minimum absolute atomic E-state index is 0.118. The number of carbonyl (C=O) groups excluding carboxylic acids is 3. The molecular formula is C17H18ClF3N2O4. The quantitative estimate of drug-likeness (QED) is 0.581. The SMILES string of the molecule is CC(C)=CC(=O)OCC(=O)N(C)CC(=O)Nc1ccc(Cl)c(C(F)(F)F)c1. The van der Waals surface area contributed by atoms with Crippen LogP contribution in [0.2, 0.25) is 5.02 Å². The Morgan fingerprint density at radius 1 is 1.26 bits per heavy atom. The molecule has 0 aliphatic rings. The maximum absolute atomic E-state index is 12.8. The third-order valence-electron chi connectivity index (χ3n) is 3.11. The van der Waals surface area contributed by atoms with Crippen molar-refractivity contribution in [3.63, 3.8) is 0 Å². The number of benzene rings is 1. The van der Waals surface area contributed by atoms with Gasteiger partial charge in [-0.05, 0) is 32.0 Å². The van der Waals surface area contributed by atoms with E-state index in [-0.39, 0.29) is 5.69 Å². The minimum atomic E-state index is -4.67. The third kappa shape index (κ3) is 7.69. The number of hydrogen-bond donors (Lipinski definition) is 1. The molecule has 0 bridgehead atoms. The van der Waals surface area contributed by atoms with Crippen molar-refractivity contribution in [1.29, 1.82) is 0 Å². The van der Waals surface area contributed by atoms with Gasteiger partial charge in [-0.15, -0.1) is 0 Å². The number of nitrogens with zero attached hydrogens (tertiary/aromatic N) is 1. The van der Waals surface area contributed by atoms with E-state index >= 15 is 0 Å². The summed E-state index contributed by atoms with van der Waals surface area (Å²) in [7, 11) is 1.29. The van der Waals surface area contributed by atoms with Crippen molar-refractivity contribution >= 4 is 35.1 Å². The lowest BCUT2D eigenvalue weighted by Crippen LogP contribution is -2.37. The molecule has 0 saturated carbocycles. The minimum Gasteiger partial charge on any atom is -0.452 e. The monoisotopic (exact) mass is 406 g/mol. The molecule has 1 rings (SSSR count). The van der Waals surface area contributed by atoms with Crippen molar-refractivity contribution in [3.8, 4) is 0 Å². The highest BCUT2D eigenvalue weighted by molar-refractivity contribution is 6.31. The number of amides is 2. The number of carbonyl (C=O) groups is 3. The largest absolute Gasteiger partial charge is 0.452 e. The highest BCUT2D eigenvalue weighted by atomic mass is 35.5. The predicted octanol–water partition coefficient (Wildman–Crippen LogP) is 3.27. The second kappa shape index (κ2) is 9.40. The molecule has 2 amide bonds. The molecule has 0 atom stereocenters. The molecule has 0 unspecified atom stereocenters. The summed E-state index contributed by atoms with van der Waals surface area (Å²) in [5.41, 5.74) is -0.508. The van der Waals surface area contributed by atoms with E-state index < -0.39 is 47.7 Å². The van der Waals surface area contributed by atoms with Gasteiger partial charge in [-0.1, -0.05) is 17.2 Å². The number of ether oxygens (including phenoxy) is 1. The Labute approximate surface area is 158 Å². The van der Waals surface area contributed by atoms with Crippen molar-refractivity contribution in [2.24, 2.45) is 0 Å². The zero-order valence-electron chi connectivity index (χ0n) is 14.8. The van der Waals surface area contributed by atoms with E-state index in [2.05, 4.69) is 5.32 Å². The van der Waals surface area contributed by atoms with Crippen LogP contribution in [0, 0.1) is 0 Å². The summed E-state index contributed by atoms with van der Waals surface area (Å²) < 4.78 is 43.2. The Kier molecular flexibility index (Phi) is 7.83. The van der Waals surface area contributed by atoms with Crippen LogP contribution in [0.1, 0.15) is 19.4 Å². The molecule has 6 nitrogen and oxygen atoms in total. The molecule has 1 aromatic carbocycles. The van der Waals surface area contributed by atoms with Crippen molar-refractivity contribution in [2.75, 3.05) is 25.5 Å². The van der Waals surface area contributed by atoms with E-state index in [9.17, 15) is 27.6 Å². The first kappa shape index (κ1) is 22.5. The first-order chi connectivity index (χ1) is 12.4. The number of alkyl halides is 3. The van der Waals surface area contributed by atoms with Crippen molar-refractivity contribution in [2.45, 2.75) is 20.0 Å². The topological polar surface area (TPSA) is 75.7 Å². The maximum Gasteiger partial charge on any atom is 0.417 e. The second-order valence-electron chi connectivity index (χ2n) is 5.82. The molecule has 148 valence electrons. The summed E-state index contributed by atoms with van der Waals surface area (Å²) in [4.78, 5) is 36.1. The van der Waals surface area contributed by atoms with Crippen LogP contribution < -0.4 is 5.32 Å². The van der Waals surface area contributed by atoms with Crippen LogP contribution in [-0.2, 0) is 25.3 Å². The molecule has 0 heterocycles. The van der Waals surface area contributed by atoms with Crippen molar-refractivity contribution in [3.05, 3.63) is 40.4 Å². The molecule has 0 fully saturated rings. The number of nitrogens with one attached hydrogen (secondary N) is 1. The molecule has 0 aliphatic carbocycles. The fourth-order valence-electron chi connectivity index (χ4n) is 1.84. The average molecular weight is 407 g/mol. The molecule has 0 radical (unpaired) electrons. The van der Waals surface area contributed by atoms with Gasteiger partial charge in [-0.25, -0.2) is 4.79 Å². The van der Waals surface area contributed by atoms with E-state index in [1.807, 2.05) is 0 Å². The van der Waals surface area contributed by atoms with Gasteiger partial charge in [0.05, 0.1) is 17.1 Å². The second-order valence-corrected chi connectivity index (χ2v) is 6.23. The molecule has 0 aliphatic heterocycles. The number of hydrogen-bond acceptors (Lipinski definition) is 4. The first-order valence-electron chi connectivity index (χ1n) is 7.62. The Morgan fingerprint density at radius 2 is 1.89 bits per heavy atom. The van der Waals surface area contributed by atoms with Crippen molar-refractivity contribution < 1.29 is 32.3 Å². The van der Waals surface area contributed by atoms with Crippen LogP contribution in [0.5, 0.6) is 0 Å². The van der Waals surface area contributed by atoms with Gasteiger partial charge < -0.3 is 15.0 Å². The molecule has 0 spiro atoms. The number of halogens is 4. The molecule has 10 heteroatoms. The zero-order valence-corrected chi connectivity index (χ0v) is 15.6. The Morgan fingerprint density at radius 3 is 2.44 bits per heavy atom.